The molecule has 0 aliphatic rings. The van der Waals surface area contributed by atoms with Gasteiger partial charge in [-0.3, -0.25) is 0 Å². The lowest BCUT2D eigenvalue weighted by molar-refractivity contribution is 0.156. The SMILES string of the molecule is Fc1c(F)c(F)c(CC(Cl)(O[SiH3])c2c(F)c(F)c(F)c(F)c2F)c(F)c1F. The topological polar surface area (TPSA) is 9.23 Å². The van der Waals surface area contributed by atoms with Crippen molar-refractivity contribution in [2.24, 2.45) is 0 Å². The second kappa shape index (κ2) is 7.32. The van der Waals surface area contributed by atoms with Gasteiger partial charge in [-0.2, -0.15) is 0 Å². The summed E-state index contributed by atoms with van der Waals surface area (Å²) in [5.74, 6) is -24.5. The highest BCUT2D eigenvalue weighted by molar-refractivity contribution is 6.24. The molecule has 0 aliphatic carbocycles. The van der Waals surface area contributed by atoms with E-state index in [-0.39, 0.29) is 0 Å². The van der Waals surface area contributed by atoms with E-state index in [2.05, 4.69) is 4.43 Å². The van der Waals surface area contributed by atoms with Crippen LogP contribution in [-0.2, 0) is 15.9 Å². The fourth-order valence-corrected chi connectivity index (χ4v) is 2.88. The molecule has 0 N–H and O–H groups in total. The van der Waals surface area contributed by atoms with Gasteiger partial charge in [-0.15, -0.1) is 0 Å². The van der Waals surface area contributed by atoms with Crippen molar-refractivity contribution in [2.75, 3.05) is 0 Å². The largest absolute Gasteiger partial charge is 0.406 e. The Hall–Kier alpha value is -1.79. The van der Waals surface area contributed by atoms with Gasteiger partial charge in [0.05, 0.1) is 5.56 Å². The van der Waals surface area contributed by atoms with Crippen molar-refractivity contribution in [3.05, 3.63) is 69.3 Å². The summed E-state index contributed by atoms with van der Waals surface area (Å²) in [6.07, 6.45) is -1.64. The Kier molecular flexibility index (Phi) is 5.83. The van der Waals surface area contributed by atoms with Gasteiger partial charge in [0, 0.05) is 12.0 Å². The van der Waals surface area contributed by atoms with Gasteiger partial charge >= 0.3 is 0 Å². The summed E-state index contributed by atoms with van der Waals surface area (Å²) in [6.45, 7) is 0. The number of benzene rings is 2. The van der Waals surface area contributed by atoms with E-state index in [1.165, 1.54) is 0 Å². The molecule has 1 unspecified atom stereocenters. The molecular weight excluding hydrogens is 438 g/mol. The summed E-state index contributed by atoms with van der Waals surface area (Å²) in [5, 5.41) is -3.14. The predicted octanol–water partition coefficient (Wildman–Crippen LogP) is 4.01. The zero-order valence-electron chi connectivity index (χ0n) is 12.8. The van der Waals surface area contributed by atoms with Crippen molar-refractivity contribution in [1.82, 2.24) is 0 Å². The van der Waals surface area contributed by atoms with E-state index in [0.717, 1.165) is 0 Å². The Morgan fingerprint density at radius 1 is 0.593 bits per heavy atom. The predicted molar refractivity (Wildman–Crippen MR) is 74.7 cm³/mol. The van der Waals surface area contributed by atoms with Crippen molar-refractivity contribution in [2.45, 2.75) is 11.5 Å². The summed E-state index contributed by atoms with van der Waals surface area (Å²) in [4.78, 5) is 0. The van der Waals surface area contributed by atoms with Gasteiger partial charge in [0.2, 0.25) is 11.6 Å². The van der Waals surface area contributed by atoms with Crippen LogP contribution < -0.4 is 0 Å². The molecule has 1 nitrogen and oxygen atoms in total. The van der Waals surface area contributed by atoms with Crippen LogP contribution in [0.4, 0.5) is 43.9 Å². The van der Waals surface area contributed by atoms with Crippen LogP contribution in [0.25, 0.3) is 0 Å². The monoisotopic (exact) mass is 442 g/mol. The average Bonchev–Trinajstić information content (AvgIpc) is 2.65. The van der Waals surface area contributed by atoms with E-state index >= 15 is 0 Å². The van der Waals surface area contributed by atoms with Crippen molar-refractivity contribution < 1.29 is 48.3 Å². The van der Waals surface area contributed by atoms with Crippen LogP contribution in [0.5, 0.6) is 0 Å². The van der Waals surface area contributed by atoms with Gasteiger partial charge in [0.25, 0.3) is 0 Å². The first kappa shape index (κ1) is 21.5. The van der Waals surface area contributed by atoms with Gasteiger partial charge in [-0.1, -0.05) is 11.6 Å². The normalized spacial score (nSPS) is 13.9. The quantitative estimate of drug-likeness (QED) is 0.229. The molecule has 1 atom stereocenters. The third-order valence-corrected chi connectivity index (χ3v) is 5.04. The minimum absolute atomic E-state index is 0.588. The Bertz CT molecular complexity index is 879. The van der Waals surface area contributed by atoms with Gasteiger partial charge in [-0.05, 0) is 0 Å². The molecule has 0 spiro atoms. The Labute approximate surface area is 152 Å². The number of alkyl halides is 1. The standard InChI is InChI=1S/C14H5ClF10OSi/c15-14(26-27,3-6(18)10(22)13(25)11(23)7(3)19)1-2-4(16)8(20)12(24)9(21)5(2)17/h1H2,27H3. The van der Waals surface area contributed by atoms with Gasteiger partial charge in [-0.25, -0.2) is 43.9 Å². The highest BCUT2D eigenvalue weighted by atomic mass is 35.5. The molecular formula is C14H5ClF10OSi. The number of rotatable bonds is 4. The van der Waals surface area contributed by atoms with Gasteiger partial charge < -0.3 is 4.43 Å². The molecule has 0 aliphatic heterocycles. The average molecular weight is 443 g/mol. The summed E-state index contributed by atoms with van der Waals surface area (Å²) in [7, 11) is -0.588. The summed E-state index contributed by atoms with van der Waals surface area (Å²) in [5.41, 5.74) is -3.50. The Balaban J connectivity index is 2.76. The molecule has 13 heteroatoms. The van der Waals surface area contributed by atoms with Crippen LogP contribution in [0.1, 0.15) is 11.1 Å². The fourth-order valence-electron chi connectivity index (χ4n) is 2.23. The van der Waals surface area contributed by atoms with Crippen molar-refractivity contribution >= 4 is 22.1 Å². The Morgan fingerprint density at radius 3 is 1.22 bits per heavy atom. The maximum absolute atomic E-state index is 13.9. The number of halogens is 11. The number of hydrogen-bond acceptors (Lipinski definition) is 1. The molecule has 2 rings (SSSR count). The third-order valence-electron chi connectivity index (χ3n) is 3.61. The Morgan fingerprint density at radius 2 is 0.889 bits per heavy atom. The van der Waals surface area contributed by atoms with Crippen molar-refractivity contribution in [3.63, 3.8) is 0 Å². The smallest absolute Gasteiger partial charge is 0.200 e. The molecule has 0 saturated carbocycles. The van der Waals surface area contributed by atoms with Crippen LogP contribution in [0.3, 0.4) is 0 Å². The highest BCUT2D eigenvalue weighted by Gasteiger charge is 2.42. The minimum atomic E-state index is -3.14. The second-order valence-corrected chi connectivity index (χ2v) is 6.12. The van der Waals surface area contributed by atoms with E-state index in [4.69, 9.17) is 11.6 Å². The van der Waals surface area contributed by atoms with Gasteiger partial charge in [0.15, 0.2) is 51.6 Å². The first-order valence-corrected chi connectivity index (χ1v) is 7.84. The maximum atomic E-state index is 13.9. The van der Waals surface area contributed by atoms with Crippen LogP contribution in [0.2, 0.25) is 0 Å². The summed E-state index contributed by atoms with van der Waals surface area (Å²) >= 11 is 5.68. The van der Waals surface area contributed by atoms with E-state index < -0.39 is 91.3 Å². The molecule has 148 valence electrons. The lowest BCUT2D eigenvalue weighted by Gasteiger charge is -2.28. The van der Waals surface area contributed by atoms with Crippen molar-refractivity contribution in [1.29, 1.82) is 0 Å². The molecule has 0 bridgehead atoms. The molecule has 0 radical (unpaired) electrons. The van der Waals surface area contributed by atoms with Crippen LogP contribution >= 0.6 is 11.6 Å². The molecule has 0 heterocycles. The molecule has 0 fully saturated rings. The zero-order chi connectivity index (χ0) is 20.8. The summed E-state index contributed by atoms with van der Waals surface area (Å²) in [6, 6.07) is 0. The maximum Gasteiger partial charge on any atom is 0.200 e. The first-order valence-electron chi connectivity index (χ1n) is 6.65. The molecule has 0 saturated heterocycles. The minimum Gasteiger partial charge on any atom is -0.406 e. The van der Waals surface area contributed by atoms with Crippen LogP contribution in [-0.4, -0.2) is 10.5 Å². The van der Waals surface area contributed by atoms with Crippen molar-refractivity contribution in [3.8, 4) is 0 Å². The molecule has 27 heavy (non-hydrogen) atoms. The molecule has 0 aromatic heterocycles. The lowest BCUT2D eigenvalue weighted by Crippen LogP contribution is -2.31. The first-order chi connectivity index (χ1) is 12.4. The van der Waals surface area contributed by atoms with Crippen LogP contribution in [0, 0.1) is 58.2 Å². The molecule has 2 aromatic carbocycles. The zero-order valence-corrected chi connectivity index (χ0v) is 15.5. The molecule has 2 aromatic rings. The van der Waals surface area contributed by atoms with E-state index in [1.54, 1.807) is 0 Å². The summed E-state index contributed by atoms with van der Waals surface area (Å²) < 4.78 is 139. The lowest BCUT2D eigenvalue weighted by atomic mass is 9.97. The van der Waals surface area contributed by atoms with E-state index in [9.17, 15) is 43.9 Å². The fraction of sp³-hybridized carbons (Fsp3) is 0.143. The van der Waals surface area contributed by atoms with Gasteiger partial charge in [0.1, 0.15) is 10.5 Å². The van der Waals surface area contributed by atoms with E-state index in [0.29, 0.717) is 0 Å². The third kappa shape index (κ3) is 3.29. The highest BCUT2D eigenvalue weighted by Crippen LogP contribution is 2.40. The second-order valence-electron chi connectivity index (χ2n) is 5.10. The molecule has 0 amide bonds. The van der Waals surface area contributed by atoms with E-state index in [1.807, 2.05) is 0 Å². The number of hydrogen-bond donors (Lipinski definition) is 0. The van der Waals surface area contributed by atoms with Crippen LogP contribution in [0.15, 0.2) is 0 Å².